The van der Waals surface area contributed by atoms with Gasteiger partial charge in [0, 0.05) is 42.2 Å². The predicted octanol–water partition coefficient (Wildman–Crippen LogP) is 12.4. The molecule has 0 saturated carbocycles. The summed E-state index contributed by atoms with van der Waals surface area (Å²) in [7, 11) is 0. The zero-order chi connectivity index (χ0) is 32.3. The SMILES string of the molecule is c1ccc(-c2nc(-c3ccccc3)nc(-c3cc(-c4ccc5ccc6ccc7c8ccccc8sc7c6c5c4)cc4ccccc34)n2)cc1. The Kier molecular flexibility index (Phi) is 6.36. The zero-order valence-electron chi connectivity index (χ0n) is 26.3. The summed E-state index contributed by atoms with van der Waals surface area (Å²) in [5, 5.41) is 9.96. The molecular formula is C45H27N3S. The summed E-state index contributed by atoms with van der Waals surface area (Å²) in [4.78, 5) is 15.2. The maximum atomic E-state index is 5.11. The van der Waals surface area contributed by atoms with E-state index in [2.05, 4.69) is 127 Å². The molecule has 2 heterocycles. The predicted molar refractivity (Wildman–Crippen MR) is 207 cm³/mol. The Labute approximate surface area is 286 Å². The molecule has 0 amide bonds. The van der Waals surface area contributed by atoms with Gasteiger partial charge in [-0.1, -0.05) is 140 Å². The third-order valence-corrected chi connectivity index (χ3v) is 10.7. The maximum Gasteiger partial charge on any atom is 0.164 e. The van der Waals surface area contributed by atoms with E-state index in [4.69, 9.17) is 15.0 Å². The summed E-state index contributed by atoms with van der Waals surface area (Å²) in [5.74, 6) is 1.97. The lowest BCUT2D eigenvalue weighted by Gasteiger charge is -2.13. The molecule has 0 radical (unpaired) electrons. The van der Waals surface area contributed by atoms with E-state index in [0.717, 1.165) is 38.6 Å². The van der Waals surface area contributed by atoms with E-state index in [-0.39, 0.29) is 0 Å². The first kappa shape index (κ1) is 27.8. The van der Waals surface area contributed by atoms with E-state index < -0.39 is 0 Å². The normalized spacial score (nSPS) is 11.7. The van der Waals surface area contributed by atoms with Gasteiger partial charge in [-0.05, 0) is 62.3 Å². The van der Waals surface area contributed by atoms with Crippen LogP contribution in [-0.4, -0.2) is 15.0 Å². The van der Waals surface area contributed by atoms with Crippen LogP contribution in [0.4, 0.5) is 0 Å². The van der Waals surface area contributed by atoms with Gasteiger partial charge < -0.3 is 0 Å². The number of fused-ring (bicyclic) bond motifs is 8. The summed E-state index contributed by atoms with van der Waals surface area (Å²) >= 11 is 1.89. The highest BCUT2D eigenvalue weighted by atomic mass is 32.1. The number of nitrogens with zero attached hydrogens (tertiary/aromatic N) is 3. The second-order valence-corrected chi connectivity index (χ2v) is 13.5. The minimum atomic E-state index is 0.656. The molecule has 0 aliphatic rings. The molecule has 0 atom stereocenters. The molecule has 2 aromatic heterocycles. The molecule has 0 fully saturated rings. The first-order chi connectivity index (χ1) is 24.3. The van der Waals surface area contributed by atoms with Crippen LogP contribution in [-0.2, 0) is 0 Å². The summed E-state index contributed by atoms with van der Waals surface area (Å²) in [6.45, 7) is 0. The molecule has 8 aromatic carbocycles. The van der Waals surface area contributed by atoms with Crippen LogP contribution in [0.3, 0.4) is 0 Å². The van der Waals surface area contributed by atoms with Gasteiger partial charge in [-0.15, -0.1) is 11.3 Å². The van der Waals surface area contributed by atoms with Crippen LogP contribution in [0.1, 0.15) is 0 Å². The minimum Gasteiger partial charge on any atom is -0.208 e. The van der Waals surface area contributed by atoms with Crippen molar-refractivity contribution in [2.75, 3.05) is 0 Å². The van der Waals surface area contributed by atoms with E-state index in [0.29, 0.717) is 17.5 Å². The van der Waals surface area contributed by atoms with Crippen LogP contribution in [0.5, 0.6) is 0 Å². The van der Waals surface area contributed by atoms with E-state index in [9.17, 15) is 0 Å². The first-order valence-corrected chi connectivity index (χ1v) is 17.3. The average Bonchev–Trinajstić information content (AvgIpc) is 3.56. The van der Waals surface area contributed by atoms with Crippen molar-refractivity contribution in [1.29, 1.82) is 0 Å². The molecule has 10 rings (SSSR count). The molecule has 0 bridgehead atoms. The Bertz CT molecular complexity index is 2820. The monoisotopic (exact) mass is 641 g/mol. The van der Waals surface area contributed by atoms with Gasteiger partial charge in [0.15, 0.2) is 17.5 Å². The Morgan fingerprint density at radius 1 is 0.347 bits per heavy atom. The van der Waals surface area contributed by atoms with Gasteiger partial charge in [-0.25, -0.2) is 15.0 Å². The fourth-order valence-electron chi connectivity index (χ4n) is 7.09. The van der Waals surface area contributed by atoms with E-state index in [1.807, 2.05) is 47.7 Å². The van der Waals surface area contributed by atoms with Crippen LogP contribution in [0.2, 0.25) is 0 Å². The largest absolute Gasteiger partial charge is 0.208 e. The third-order valence-electron chi connectivity index (χ3n) is 9.48. The molecule has 0 aliphatic heterocycles. The number of hydrogen-bond donors (Lipinski definition) is 0. The van der Waals surface area contributed by atoms with Crippen LogP contribution < -0.4 is 0 Å². The molecule has 49 heavy (non-hydrogen) atoms. The molecule has 0 unspecified atom stereocenters. The van der Waals surface area contributed by atoms with Gasteiger partial charge in [0.25, 0.3) is 0 Å². The molecule has 0 aliphatic carbocycles. The van der Waals surface area contributed by atoms with Crippen molar-refractivity contribution in [2.45, 2.75) is 0 Å². The zero-order valence-corrected chi connectivity index (χ0v) is 27.2. The van der Waals surface area contributed by atoms with E-state index in [1.54, 1.807) is 0 Å². The van der Waals surface area contributed by atoms with Crippen molar-refractivity contribution in [1.82, 2.24) is 15.0 Å². The molecule has 3 nitrogen and oxygen atoms in total. The van der Waals surface area contributed by atoms with Crippen molar-refractivity contribution >= 4 is 63.8 Å². The quantitative estimate of drug-likeness (QED) is 0.180. The highest BCUT2D eigenvalue weighted by Crippen LogP contribution is 2.42. The molecular weight excluding hydrogens is 615 g/mol. The van der Waals surface area contributed by atoms with Gasteiger partial charge in [-0.3, -0.25) is 0 Å². The molecule has 228 valence electrons. The highest BCUT2D eigenvalue weighted by molar-refractivity contribution is 7.26. The number of rotatable bonds is 4. The van der Waals surface area contributed by atoms with E-state index >= 15 is 0 Å². The number of thiophene rings is 1. The van der Waals surface area contributed by atoms with Crippen LogP contribution >= 0.6 is 11.3 Å². The van der Waals surface area contributed by atoms with Crippen molar-refractivity contribution < 1.29 is 0 Å². The molecule has 4 heteroatoms. The minimum absolute atomic E-state index is 0.656. The Balaban J connectivity index is 1.22. The van der Waals surface area contributed by atoms with Crippen LogP contribution in [0.15, 0.2) is 164 Å². The summed E-state index contributed by atoms with van der Waals surface area (Å²) in [6.07, 6.45) is 0. The van der Waals surface area contributed by atoms with Gasteiger partial charge in [0.1, 0.15) is 0 Å². The lowest BCUT2D eigenvalue weighted by Crippen LogP contribution is -2.00. The Hall–Kier alpha value is -6.23. The fourth-order valence-corrected chi connectivity index (χ4v) is 8.36. The smallest absolute Gasteiger partial charge is 0.164 e. The summed E-state index contributed by atoms with van der Waals surface area (Å²) in [6, 6.07) is 58.0. The van der Waals surface area contributed by atoms with Gasteiger partial charge in [0.05, 0.1) is 0 Å². The average molecular weight is 642 g/mol. The summed E-state index contributed by atoms with van der Waals surface area (Å²) in [5.41, 5.74) is 5.18. The lowest BCUT2D eigenvalue weighted by atomic mass is 9.93. The van der Waals surface area contributed by atoms with Crippen LogP contribution in [0.25, 0.3) is 97.8 Å². The second-order valence-electron chi connectivity index (χ2n) is 12.4. The lowest BCUT2D eigenvalue weighted by molar-refractivity contribution is 1.08. The van der Waals surface area contributed by atoms with Crippen molar-refractivity contribution in [2.24, 2.45) is 0 Å². The first-order valence-electron chi connectivity index (χ1n) is 16.4. The third kappa shape index (κ3) is 4.68. The van der Waals surface area contributed by atoms with Crippen molar-refractivity contribution in [3.05, 3.63) is 164 Å². The molecule has 0 spiro atoms. The maximum absolute atomic E-state index is 5.11. The van der Waals surface area contributed by atoms with Gasteiger partial charge >= 0.3 is 0 Å². The second kappa shape index (κ2) is 11.2. The standard InChI is InChI=1S/C45H27N3S/c1-3-11-30(12-4-1)43-46-44(31-13-5-2-6-14-31)48-45(47-43)39-27-34(25-33-15-7-8-16-35(33)39)32-22-20-28-19-21-29-23-24-37-36-17-9-10-18-40(36)49-42(37)41(29)38(28)26-32/h1-27H. The molecule has 10 aromatic rings. The van der Waals surface area contributed by atoms with Gasteiger partial charge in [0.2, 0.25) is 0 Å². The van der Waals surface area contributed by atoms with Crippen molar-refractivity contribution in [3.8, 4) is 45.3 Å². The van der Waals surface area contributed by atoms with Crippen LogP contribution in [0, 0.1) is 0 Å². The van der Waals surface area contributed by atoms with Gasteiger partial charge in [-0.2, -0.15) is 0 Å². The number of hydrogen-bond acceptors (Lipinski definition) is 4. The van der Waals surface area contributed by atoms with E-state index in [1.165, 1.54) is 41.7 Å². The fraction of sp³-hybridized carbons (Fsp3) is 0. The molecule has 0 saturated heterocycles. The highest BCUT2D eigenvalue weighted by Gasteiger charge is 2.17. The number of aromatic nitrogens is 3. The summed E-state index contributed by atoms with van der Waals surface area (Å²) < 4.78 is 2.66. The Morgan fingerprint density at radius 3 is 1.73 bits per heavy atom. The number of benzene rings is 8. The molecule has 0 N–H and O–H groups in total. The topological polar surface area (TPSA) is 38.7 Å². The Morgan fingerprint density at radius 2 is 0.959 bits per heavy atom. The van der Waals surface area contributed by atoms with Crippen molar-refractivity contribution in [3.63, 3.8) is 0 Å².